The van der Waals surface area contributed by atoms with Crippen LogP contribution in [0, 0.1) is 5.41 Å². The van der Waals surface area contributed by atoms with Crippen molar-refractivity contribution in [3.05, 3.63) is 65.2 Å². The van der Waals surface area contributed by atoms with Gasteiger partial charge in [-0.2, -0.15) is 0 Å². The van der Waals surface area contributed by atoms with Gasteiger partial charge in [0, 0.05) is 39.7 Å². The summed E-state index contributed by atoms with van der Waals surface area (Å²) in [6.07, 6.45) is 0.347. The summed E-state index contributed by atoms with van der Waals surface area (Å²) in [4.78, 5) is 28.8. The van der Waals surface area contributed by atoms with Crippen molar-refractivity contribution in [2.75, 3.05) is 28.3 Å². The van der Waals surface area contributed by atoms with E-state index in [4.69, 9.17) is 10.1 Å². The molecule has 0 saturated heterocycles. The average molecular weight is 440 g/mol. The minimum absolute atomic E-state index is 0.185. The van der Waals surface area contributed by atoms with Gasteiger partial charge in [0.05, 0.1) is 19.5 Å². The lowest BCUT2D eigenvalue weighted by Gasteiger charge is -2.26. The summed E-state index contributed by atoms with van der Waals surface area (Å²) >= 11 is 0. The van der Waals surface area contributed by atoms with Crippen LogP contribution in [0.25, 0.3) is 0 Å². The molecular formula is C24H33N5O3. The Hall–Kier alpha value is -3.55. The molecule has 8 nitrogen and oxygen atoms in total. The van der Waals surface area contributed by atoms with E-state index in [-0.39, 0.29) is 11.9 Å². The maximum absolute atomic E-state index is 12.9. The summed E-state index contributed by atoms with van der Waals surface area (Å²) in [7, 11) is 6.62. The standard InChI is InChI=1S/C24H33N5O3/c1-17(25)26-15-19-11-7-6-10-18(19)14-21(23(30)28(2)3)27-24(31)29(4)16-20-12-8-9-13-22(20)32-5/h6-13,21H,14-16H2,1-5H3,(H2,25,26)(H,27,31)/t21-/m0/s1. The first-order chi connectivity index (χ1) is 15.2. The number of urea groups is 1. The van der Waals surface area contributed by atoms with E-state index in [0.29, 0.717) is 31.1 Å². The molecule has 0 fully saturated rings. The second-order valence-corrected chi connectivity index (χ2v) is 7.85. The molecule has 0 radical (unpaired) electrons. The molecular weight excluding hydrogens is 406 g/mol. The molecule has 0 unspecified atom stereocenters. The number of ether oxygens (including phenoxy) is 1. The van der Waals surface area contributed by atoms with Crippen LogP contribution in [0.15, 0.2) is 48.5 Å². The fourth-order valence-electron chi connectivity index (χ4n) is 3.31. The van der Waals surface area contributed by atoms with Crippen LogP contribution in [0.4, 0.5) is 4.79 Å². The molecule has 2 rings (SSSR count). The molecule has 0 aromatic heterocycles. The van der Waals surface area contributed by atoms with Crippen LogP contribution in [0.5, 0.6) is 5.75 Å². The van der Waals surface area contributed by atoms with E-state index in [1.165, 1.54) is 9.80 Å². The van der Waals surface area contributed by atoms with Crippen molar-refractivity contribution < 1.29 is 14.3 Å². The Balaban J connectivity index is 2.17. The summed E-state index contributed by atoms with van der Waals surface area (Å²) in [5.74, 6) is 0.887. The number of nitrogens with zero attached hydrogens (tertiary/aromatic N) is 2. The third-order valence-electron chi connectivity index (χ3n) is 5.07. The van der Waals surface area contributed by atoms with Crippen molar-refractivity contribution in [2.24, 2.45) is 0 Å². The molecule has 0 saturated carbocycles. The van der Waals surface area contributed by atoms with E-state index in [9.17, 15) is 9.59 Å². The van der Waals surface area contributed by atoms with Crippen LogP contribution >= 0.6 is 0 Å². The Morgan fingerprint density at radius 1 is 1.00 bits per heavy atom. The van der Waals surface area contributed by atoms with Gasteiger partial charge in [0.2, 0.25) is 5.91 Å². The van der Waals surface area contributed by atoms with E-state index >= 15 is 0 Å². The maximum Gasteiger partial charge on any atom is 0.318 e. The number of carbonyl (C=O) groups is 2. The van der Waals surface area contributed by atoms with Gasteiger partial charge in [0.25, 0.3) is 0 Å². The Morgan fingerprint density at radius 3 is 2.19 bits per heavy atom. The number of hydrogen-bond acceptors (Lipinski definition) is 4. The van der Waals surface area contributed by atoms with Gasteiger partial charge in [-0.3, -0.25) is 10.2 Å². The normalized spacial score (nSPS) is 11.3. The van der Waals surface area contributed by atoms with E-state index in [1.54, 1.807) is 35.2 Å². The molecule has 8 heteroatoms. The maximum atomic E-state index is 12.9. The molecule has 0 bridgehead atoms. The predicted molar refractivity (Wildman–Crippen MR) is 126 cm³/mol. The lowest BCUT2D eigenvalue weighted by molar-refractivity contribution is -0.130. The number of methoxy groups -OCH3 is 1. The van der Waals surface area contributed by atoms with Crippen molar-refractivity contribution in [2.45, 2.75) is 32.5 Å². The molecule has 172 valence electrons. The summed E-state index contributed by atoms with van der Waals surface area (Å²) in [6, 6.07) is 14.2. The van der Waals surface area contributed by atoms with Gasteiger partial charge in [-0.25, -0.2) is 4.79 Å². The van der Waals surface area contributed by atoms with E-state index in [2.05, 4.69) is 10.6 Å². The number of amidine groups is 1. The molecule has 2 aromatic carbocycles. The Kier molecular flexibility index (Phi) is 9.07. The third kappa shape index (κ3) is 7.01. The fourth-order valence-corrected chi connectivity index (χ4v) is 3.31. The largest absolute Gasteiger partial charge is 0.496 e. The average Bonchev–Trinajstić information content (AvgIpc) is 2.77. The van der Waals surface area contributed by atoms with Crippen LogP contribution in [0.2, 0.25) is 0 Å². The predicted octanol–water partition coefficient (Wildman–Crippen LogP) is 2.62. The second kappa shape index (κ2) is 11.7. The van der Waals surface area contributed by atoms with Crippen molar-refractivity contribution in [3.8, 4) is 5.75 Å². The third-order valence-corrected chi connectivity index (χ3v) is 5.07. The van der Waals surface area contributed by atoms with Crippen LogP contribution in [0.1, 0.15) is 23.6 Å². The van der Waals surface area contributed by atoms with Crippen molar-refractivity contribution in [3.63, 3.8) is 0 Å². The minimum Gasteiger partial charge on any atom is -0.496 e. The van der Waals surface area contributed by atoms with Gasteiger partial charge in [-0.1, -0.05) is 42.5 Å². The zero-order chi connectivity index (χ0) is 23.7. The van der Waals surface area contributed by atoms with Crippen molar-refractivity contribution >= 4 is 17.8 Å². The van der Waals surface area contributed by atoms with Crippen molar-refractivity contribution in [1.29, 1.82) is 5.41 Å². The number of likely N-dealkylation sites (N-methyl/N-ethyl adjacent to an activating group) is 1. The van der Waals surface area contributed by atoms with Crippen LogP contribution < -0.4 is 15.4 Å². The first-order valence-corrected chi connectivity index (χ1v) is 10.4. The number of rotatable bonds is 9. The van der Waals surface area contributed by atoms with E-state index in [1.807, 2.05) is 48.5 Å². The number of carbonyl (C=O) groups excluding carboxylic acids is 2. The SMILES string of the molecule is COc1ccccc1CN(C)C(=O)N[C@@H](Cc1ccccc1CNC(C)=N)C(=O)N(C)C. The van der Waals surface area contributed by atoms with Gasteiger partial charge < -0.3 is 25.2 Å². The smallest absolute Gasteiger partial charge is 0.318 e. The van der Waals surface area contributed by atoms with E-state index < -0.39 is 6.04 Å². The van der Waals surface area contributed by atoms with Gasteiger partial charge in [0.1, 0.15) is 11.8 Å². The van der Waals surface area contributed by atoms with E-state index in [0.717, 1.165) is 16.7 Å². The first kappa shape index (κ1) is 24.7. The number of para-hydroxylation sites is 1. The molecule has 0 spiro atoms. The van der Waals surface area contributed by atoms with Crippen molar-refractivity contribution in [1.82, 2.24) is 20.4 Å². The number of nitrogens with one attached hydrogen (secondary N) is 3. The first-order valence-electron chi connectivity index (χ1n) is 10.4. The fraction of sp³-hybridized carbons (Fsp3) is 0.375. The molecule has 0 heterocycles. The molecule has 1 atom stereocenters. The summed E-state index contributed by atoms with van der Waals surface area (Å²) in [5, 5.41) is 13.5. The number of hydrogen-bond donors (Lipinski definition) is 3. The molecule has 2 aromatic rings. The summed E-state index contributed by atoms with van der Waals surface area (Å²) < 4.78 is 5.37. The second-order valence-electron chi connectivity index (χ2n) is 7.85. The van der Waals surface area contributed by atoms with Gasteiger partial charge in [-0.15, -0.1) is 0 Å². The molecule has 3 amide bonds. The topological polar surface area (TPSA) is 97.8 Å². The molecule has 0 aliphatic rings. The highest BCUT2D eigenvalue weighted by molar-refractivity contribution is 5.87. The highest BCUT2D eigenvalue weighted by Crippen LogP contribution is 2.19. The van der Waals surface area contributed by atoms with Crippen LogP contribution in [-0.2, 0) is 24.3 Å². The minimum atomic E-state index is -0.722. The zero-order valence-electron chi connectivity index (χ0n) is 19.4. The number of amides is 3. The lowest BCUT2D eigenvalue weighted by atomic mass is 9.99. The molecule has 0 aliphatic heterocycles. The monoisotopic (exact) mass is 439 g/mol. The Labute approximate surface area is 190 Å². The van der Waals surface area contributed by atoms with Crippen LogP contribution in [0.3, 0.4) is 0 Å². The summed E-state index contributed by atoms with van der Waals surface area (Å²) in [6.45, 7) is 2.51. The number of benzene rings is 2. The highest BCUT2D eigenvalue weighted by atomic mass is 16.5. The molecule has 32 heavy (non-hydrogen) atoms. The van der Waals surface area contributed by atoms with Gasteiger partial charge in [-0.05, 0) is 24.1 Å². The Bertz CT molecular complexity index is 945. The summed E-state index contributed by atoms with van der Waals surface area (Å²) in [5.41, 5.74) is 2.79. The molecule has 3 N–H and O–H groups in total. The lowest BCUT2D eigenvalue weighted by Crippen LogP contribution is -2.51. The van der Waals surface area contributed by atoms with Gasteiger partial charge in [0.15, 0.2) is 0 Å². The van der Waals surface area contributed by atoms with Gasteiger partial charge >= 0.3 is 6.03 Å². The highest BCUT2D eigenvalue weighted by Gasteiger charge is 2.25. The Morgan fingerprint density at radius 2 is 1.59 bits per heavy atom. The van der Waals surface area contributed by atoms with Crippen LogP contribution in [-0.4, -0.2) is 61.9 Å². The quantitative estimate of drug-likeness (QED) is 0.413. The molecule has 0 aliphatic carbocycles. The zero-order valence-corrected chi connectivity index (χ0v) is 19.4.